The van der Waals surface area contributed by atoms with Gasteiger partial charge >= 0.3 is 0 Å². The Morgan fingerprint density at radius 1 is 1.00 bits per heavy atom. The molecule has 0 radical (unpaired) electrons. The fourth-order valence-corrected chi connectivity index (χ4v) is 5.30. The van der Waals surface area contributed by atoms with Crippen LogP contribution < -0.4 is 14.2 Å². The maximum atomic E-state index is 5.80. The molecule has 0 aromatic heterocycles. The van der Waals surface area contributed by atoms with Crippen LogP contribution in [0.3, 0.4) is 0 Å². The quantitative estimate of drug-likeness (QED) is 0.793. The van der Waals surface area contributed by atoms with Gasteiger partial charge < -0.3 is 14.2 Å². The van der Waals surface area contributed by atoms with E-state index in [9.17, 15) is 0 Å². The van der Waals surface area contributed by atoms with Crippen LogP contribution in [0.15, 0.2) is 12.1 Å². The molecule has 5 heteroatoms. The summed E-state index contributed by atoms with van der Waals surface area (Å²) in [7, 11) is 1.75. The van der Waals surface area contributed by atoms with Crippen LogP contribution in [0.25, 0.3) is 0 Å². The molecule has 4 aliphatic heterocycles. The van der Waals surface area contributed by atoms with E-state index in [-0.39, 0.29) is 0 Å². The molecule has 1 aromatic rings. The summed E-state index contributed by atoms with van der Waals surface area (Å²) in [4.78, 5) is 5.47. The number of rotatable bonds is 5. The summed E-state index contributed by atoms with van der Waals surface area (Å²) >= 11 is 0. The van der Waals surface area contributed by atoms with Gasteiger partial charge in [-0.15, -0.1) is 0 Å². The second-order valence-electron chi connectivity index (χ2n) is 8.85. The lowest BCUT2D eigenvalue weighted by Gasteiger charge is -2.40. The molecule has 6 rings (SSSR count). The van der Waals surface area contributed by atoms with Crippen LogP contribution in [0.4, 0.5) is 0 Å². The monoisotopic (exact) mass is 372 g/mol. The molecule has 4 fully saturated rings. The number of piperidine rings is 1. The predicted octanol–water partition coefficient (Wildman–Crippen LogP) is 3.16. The highest BCUT2D eigenvalue weighted by Crippen LogP contribution is 2.38. The summed E-state index contributed by atoms with van der Waals surface area (Å²) < 4.78 is 17.2. The Hall–Kier alpha value is -1.46. The molecule has 0 spiro atoms. The lowest BCUT2D eigenvalue weighted by molar-refractivity contribution is 0.0890. The summed E-state index contributed by atoms with van der Waals surface area (Å²) in [6.45, 7) is 7.20. The normalized spacial score (nSPS) is 28.6. The number of benzene rings is 1. The third-order valence-electron chi connectivity index (χ3n) is 6.96. The molecule has 27 heavy (non-hydrogen) atoms. The van der Waals surface area contributed by atoms with Crippen molar-refractivity contribution in [2.45, 2.75) is 44.7 Å². The van der Waals surface area contributed by atoms with E-state index in [1.54, 1.807) is 7.11 Å². The second-order valence-corrected chi connectivity index (χ2v) is 8.85. The third kappa shape index (κ3) is 3.64. The Kier molecular flexibility index (Phi) is 4.91. The first-order chi connectivity index (χ1) is 13.3. The maximum absolute atomic E-state index is 5.80. The summed E-state index contributed by atoms with van der Waals surface area (Å²) in [5, 5.41) is 0. The maximum Gasteiger partial charge on any atom is 0.165 e. The third-order valence-corrected chi connectivity index (χ3v) is 6.96. The predicted molar refractivity (Wildman–Crippen MR) is 105 cm³/mol. The first-order valence-electron chi connectivity index (χ1n) is 10.7. The van der Waals surface area contributed by atoms with Crippen LogP contribution in [0, 0.1) is 11.8 Å². The number of methoxy groups -OCH3 is 1. The van der Waals surface area contributed by atoms with Crippen molar-refractivity contribution in [3.8, 4) is 17.2 Å². The van der Waals surface area contributed by atoms with Gasteiger partial charge in [-0.25, -0.2) is 0 Å². The zero-order valence-electron chi connectivity index (χ0n) is 16.5. The lowest BCUT2D eigenvalue weighted by atomic mass is 9.83. The van der Waals surface area contributed by atoms with E-state index < -0.39 is 0 Å². The fourth-order valence-electron chi connectivity index (χ4n) is 5.30. The van der Waals surface area contributed by atoms with E-state index in [4.69, 9.17) is 14.2 Å². The van der Waals surface area contributed by atoms with E-state index in [0.29, 0.717) is 13.2 Å². The zero-order chi connectivity index (χ0) is 18.2. The van der Waals surface area contributed by atoms with Crippen molar-refractivity contribution in [3.63, 3.8) is 0 Å². The van der Waals surface area contributed by atoms with E-state index >= 15 is 0 Å². The minimum atomic E-state index is 0.613. The number of ether oxygens (including phenoxy) is 3. The average molecular weight is 373 g/mol. The summed E-state index contributed by atoms with van der Waals surface area (Å²) in [5.74, 6) is 4.37. The molecule has 4 heterocycles. The van der Waals surface area contributed by atoms with Crippen LogP contribution in [-0.2, 0) is 6.54 Å². The number of nitrogens with zero attached hydrogens (tertiary/aromatic N) is 2. The smallest absolute Gasteiger partial charge is 0.165 e. The molecule has 5 nitrogen and oxygen atoms in total. The Balaban J connectivity index is 1.31. The highest BCUT2D eigenvalue weighted by molar-refractivity contribution is 5.51. The molecule has 0 unspecified atom stereocenters. The van der Waals surface area contributed by atoms with E-state index in [1.165, 1.54) is 63.8 Å². The topological polar surface area (TPSA) is 34.2 Å². The van der Waals surface area contributed by atoms with Gasteiger partial charge in [-0.2, -0.15) is 0 Å². The Labute approximate surface area is 162 Å². The molecule has 3 saturated heterocycles. The van der Waals surface area contributed by atoms with Crippen molar-refractivity contribution in [1.29, 1.82) is 0 Å². The Morgan fingerprint density at radius 2 is 1.81 bits per heavy atom. The average Bonchev–Trinajstić information content (AvgIpc) is 2.94. The molecule has 2 atom stereocenters. The van der Waals surface area contributed by atoms with E-state index in [0.717, 1.165) is 41.7 Å². The number of hydrogen-bond acceptors (Lipinski definition) is 5. The molecule has 0 amide bonds. The lowest BCUT2D eigenvalue weighted by Crippen LogP contribution is -2.46. The van der Waals surface area contributed by atoms with Gasteiger partial charge in [0.15, 0.2) is 11.5 Å². The van der Waals surface area contributed by atoms with Crippen LogP contribution >= 0.6 is 0 Å². The number of hydrogen-bond donors (Lipinski definition) is 0. The van der Waals surface area contributed by atoms with Crippen molar-refractivity contribution in [2.75, 3.05) is 46.5 Å². The van der Waals surface area contributed by atoms with Crippen LogP contribution in [-0.4, -0.2) is 62.3 Å². The zero-order valence-corrected chi connectivity index (χ0v) is 16.5. The molecule has 2 bridgehead atoms. The largest absolute Gasteiger partial charge is 0.496 e. The van der Waals surface area contributed by atoms with Gasteiger partial charge in [0.25, 0.3) is 0 Å². The molecule has 1 saturated carbocycles. The summed E-state index contributed by atoms with van der Waals surface area (Å²) in [5.41, 5.74) is 1.22. The second kappa shape index (κ2) is 7.51. The first kappa shape index (κ1) is 17.6. The Morgan fingerprint density at radius 3 is 2.56 bits per heavy atom. The highest BCUT2D eigenvalue weighted by Gasteiger charge is 2.36. The minimum Gasteiger partial charge on any atom is -0.496 e. The Bertz CT molecular complexity index is 676. The van der Waals surface area contributed by atoms with E-state index in [2.05, 4.69) is 15.9 Å². The minimum absolute atomic E-state index is 0.613. The molecular weight excluding hydrogens is 340 g/mol. The van der Waals surface area contributed by atoms with Crippen molar-refractivity contribution >= 4 is 0 Å². The van der Waals surface area contributed by atoms with Gasteiger partial charge in [-0.3, -0.25) is 9.80 Å². The van der Waals surface area contributed by atoms with Gasteiger partial charge in [-0.1, -0.05) is 6.42 Å². The molecule has 1 aromatic carbocycles. The standard InChI is InChI=1S/C22H32N2O3/c1-25-20-10-22-21(26-7-8-27-22)9-18(20)14-23-11-17-5-6-19(15-23)24(13-17)12-16-3-2-4-16/h9-10,16-17,19H,2-8,11-15H2,1H3/t17-,19+/m1/s1. The van der Waals surface area contributed by atoms with E-state index in [1.807, 2.05) is 6.07 Å². The van der Waals surface area contributed by atoms with Crippen LogP contribution in [0.1, 0.15) is 37.7 Å². The van der Waals surface area contributed by atoms with Gasteiger partial charge in [0.2, 0.25) is 0 Å². The van der Waals surface area contributed by atoms with Crippen molar-refractivity contribution in [3.05, 3.63) is 17.7 Å². The van der Waals surface area contributed by atoms with Gasteiger partial charge in [-0.05, 0) is 43.6 Å². The van der Waals surface area contributed by atoms with Crippen LogP contribution in [0.2, 0.25) is 0 Å². The van der Waals surface area contributed by atoms with Crippen molar-refractivity contribution in [1.82, 2.24) is 9.80 Å². The molecule has 5 aliphatic rings. The molecule has 1 aliphatic carbocycles. The number of fused-ring (bicyclic) bond motifs is 5. The van der Waals surface area contributed by atoms with Crippen molar-refractivity contribution < 1.29 is 14.2 Å². The molecular formula is C22H32N2O3. The van der Waals surface area contributed by atoms with Gasteiger partial charge in [0, 0.05) is 50.4 Å². The van der Waals surface area contributed by atoms with Gasteiger partial charge in [0.05, 0.1) is 7.11 Å². The molecule has 148 valence electrons. The SMILES string of the molecule is COc1cc2c(cc1CN1C[C@H]3CC[C@@H](C1)N(CC1CCC1)C3)OCCO2. The summed E-state index contributed by atoms with van der Waals surface area (Å²) in [6, 6.07) is 4.86. The fraction of sp³-hybridized carbons (Fsp3) is 0.727. The van der Waals surface area contributed by atoms with Crippen LogP contribution in [0.5, 0.6) is 17.2 Å². The molecule has 0 N–H and O–H groups in total. The first-order valence-corrected chi connectivity index (χ1v) is 10.7. The van der Waals surface area contributed by atoms with Crippen molar-refractivity contribution in [2.24, 2.45) is 11.8 Å². The summed E-state index contributed by atoms with van der Waals surface area (Å²) in [6.07, 6.45) is 7.10. The highest BCUT2D eigenvalue weighted by atomic mass is 16.6. The van der Waals surface area contributed by atoms with Gasteiger partial charge in [0.1, 0.15) is 19.0 Å².